The Hall–Kier alpha value is -3.27. The standard InChI is InChI=1S/C25H26N2O2/c1-19-10-8-11-20(2)25(19)28-17-9-16-27-23-15-7-6-14-22(23)26-24(27)18-29-21-12-4-3-5-13-21/h3-8,10-15H,9,16-18H2,1-2H3. The van der Waals surface area contributed by atoms with Crippen molar-refractivity contribution in [3.63, 3.8) is 0 Å². The first kappa shape index (κ1) is 19.1. The number of hydrogen-bond donors (Lipinski definition) is 0. The molecular weight excluding hydrogens is 360 g/mol. The second-order valence-electron chi connectivity index (χ2n) is 7.19. The molecule has 0 fully saturated rings. The van der Waals surface area contributed by atoms with Crippen molar-refractivity contribution in [2.75, 3.05) is 6.61 Å². The van der Waals surface area contributed by atoms with Crippen LogP contribution in [0.5, 0.6) is 11.5 Å². The van der Waals surface area contributed by atoms with Gasteiger partial charge in [-0.1, -0.05) is 48.5 Å². The van der Waals surface area contributed by atoms with Crippen LogP contribution in [0.15, 0.2) is 72.8 Å². The summed E-state index contributed by atoms with van der Waals surface area (Å²) >= 11 is 0. The van der Waals surface area contributed by atoms with E-state index in [1.165, 1.54) is 11.1 Å². The highest BCUT2D eigenvalue weighted by atomic mass is 16.5. The normalized spacial score (nSPS) is 11.0. The third kappa shape index (κ3) is 4.43. The summed E-state index contributed by atoms with van der Waals surface area (Å²) in [6.07, 6.45) is 0.895. The Morgan fingerprint density at radius 2 is 1.52 bits per heavy atom. The van der Waals surface area contributed by atoms with Gasteiger partial charge in [0.15, 0.2) is 0 Å². The van der Waals surface area contributed by atoms with E-state index in [2.05, 4.69) is 48.7 Å². The van der Waals surface area contributed by atoms with Gasteiger partial charge in [-0.15, -0.1) is 0 Å². The minimum atomic E-state index is 0.441. The van der Waals surface area contributed by atoms with E-state index in [9.17, 15) is 0 Å². The summed E-state index contributed by atoms with van der Waals surface area (Å²) in [5, 5.41) is 0. The number of hydrogen-bond acceptors (Lipinski definition) is 3. The molecule has 0 bridgehead atoms. The number of aromatic nitrogens is 2. The molecule has 0 amide bonds. The summed E-state index contributed by atoms with van der Waals surface area (Å²) in [5.41, 5.74) is 4.48. The lowest BCUT2D eigenvalue weighted by molar-refractivity contribution is 0.279. The van der Waals surface area contributed by atoms with E-state index in [0.717, 1.165) is 41.3 Å². The molecular formula is C25H26N2O2. The zero-order valence-corrected chi connectivity index (χ0v) is 17.0. The van der Waals surface area contributed by atoms with E-state index < -0.39 is 0 Å². The number of rotatable bonds is 8. The summed E-state index contributed by atoms with van der Waals surface area (Å²) in [7, 11) is 0. The van der Waals surface area contributed by atoms with E-state index in [1.54, 1.807) is 0 Å². The maximum absolute atomic E-state index is 6.08. The van der Waals surface area contributed by atoms with Gasteiger partial charge in [0.2, 0.25) is 0 Å². The van der Waals surface area contributed by atoms with Gasteiger partial charge in [-0.25, -0.2) is 4.98 Å². The lowest BCUT2D eigenvalue weighted by Crippen LogP contribution is -2.10. The van der Waals surface area contributed by atoms with Crippen LogP contribution < -0.4 is 9.47 Å². The molecule has 0 N–H and O–H groups in total. The molecule has 0 radical (unpaired) electrons. The topological polar surface area (TPSA) is 36.3 Å². The molecule has 0 aliphatic heterocycles. The predicted octanol–water partition coefficient (Wildman–Crippen LogP) is 5.70. The van der Waals surface area contributed by atoms with Crippen molar-refractivity contribution in [2.24, 2.45) is 0 Å². The van der Waals surface area contributed by atoms with Gasteiger partial charge in [0, 0.05) is 6.54 Å². The molecule has 29 heavy (non-hydrogen) atoms. The van der Waals surface area contributed by atoms with Crippen molar-refractivity contribution in [1.82, 2.24) is 9.55 Å². The fourth-order valence-electron chi connectivity index (χ4n) is 3.57. The molecule has 0 atom stereocenters. The van der Waals surface area contributed by atoms with Crippen LogP contribution >= 0.6 is 0 Å². The molecule has 148 valence electrons. The first-order chi connectivity index (χ1) is 14.2. The van der Waals surface area contributed by atoms with Gasteiger partial charge in [0.1, 0.15) is 23.9 Å². The van der Waals surface area contributed by atoms with Crippen molar-refractivity contribution < 1.29 is 9.47 Å². The van der Waals surface area contributed by atoms with Gasteiger partial charge >= 0.3 is 0 Å². The van der Waals surface area contributed by atoms with Gasteiger partial charge in [-0.3, -0.25) is 0 Å². The van der Waals surface area contributed by atoms with Crippen LogP contribution in [0, 0.1) is 13.8 Å². The molecule has 4 aromatic rings. The smallest absolute Gasteiger partial charge is 0.147 e. The SMILES string of the molecule is Cc1cccc(C)c1OCCCn1c(COc2ccccc2)nc2ccccc21. The quantitative estimate of drug-likeness (QED) is 0.364. The fourth-order valence-corrected chi connectivity index (χ4v) is 3.57. The Morgan fingerprint density at radius 3 is 2.31 bits per heavy atom. The van der Waals surface area contributed by atoms with Crippen LogP contribution in [0.3, 0.4) is 0 Å². The summed E-state index contributed by atoms with van der Waals surface area (Å²) in [6.45, 7) is 6.11. The first-order valence-corrected chi connectivity index (χ1v) is 10.0. The number of imidazole rings is 1. The average Bonchev–Trinajstić information content (AvgIpc) is 3.10. The van der Waals surface area contributed by atoms with Gasteiger partial charge in [0.05, 0.1) is 17.6 Å². The molecule has 1 aromatic heterocycles. The van der Waals surface area contributed by atoms with Crippen LogP contribution in [0.1, 0.15) is 23.4 Å². The Morgan fingerprint density at radius 1 is 0.793 bits per heavy atom. The van der Waals surface area contributed by atoms with Crippen LogP contribution in [0.2, 0.25) is 0 Å². The Balaban J connectivity index is 1.45. The molecule has 1 heterocycles. The lowest BCUT2D eigenvalue weighted by atomic mass is 10.1. The van der Waals surface area contributed by atoms with Gasteiger partial charge < -0.3 is 14.0 Å². The highest BCUT2D eigenvalue weighted by Crippen LogP contribution is 2.23. The summed E-state index contributed by atoms with van der Waals surface area (Å²) < 4.78 is 14.3. The molecule has 4 heteroatoms. The average molecular weight is 386 g/mol. The maximum Gasteiger partial charge on any atom is 0.147 e. The third-order valence-corrected chi connectivity index (χ3v) is 5.03. The zero-order valence-electron chi connectivity index (χ0n) is 17.0. The van der Waals surface area contributed by atoms with Crippen molar-refractivity contribution in [1.29, 1.82) is 0 Å². The zero-order chi connectivity index (χ0) is 20.1. The molecule has 0 unspecified atom stereocenters. The minimum absolute atomic E-state index is 0.441. The number of nitrogens with zero attached hydrogens (tertiary/aromatic N) is 2. The van der Waals surface area contributed by atoms with Gasteiger partial charge in [0.25, 0.3) is 0 Å². The minimum Gasteiger partial charge on any atom is -0.493 e. The number of aryl methyl sites for hydroxylation is 3. The van der Waals surface area contributed by atoms with Crippen LogP contribution in [0.25, 0.3) is 11.0 Å². The Kier molecular flexibility index (Phi) is 5.80. The summed E-state index contributed by atoms with van der Waals surface area (Å²) in [5.74, 6) is 2.78. The van der Waals surface area contributed by atoms with Crippen LogP contribution in [-0.2, 0) is 13.2 Å². The fraction of sp³-hybridized carbons (Fsp3) is 0.240. The van der Waals surface area contributed by atoms with Gasteiger partial charge in [-0.05, 0) is 55.7 Å². The van der Waals surface area contributed by atoms with E-state index in [0.29, 0.717) is 13.2 Å². The van der Waals surface area contributed by atoms with Crippen molar-refractivity contribution in [3.05, 3.63) is 89.7 Å². The van der Waals surface area contributed by atoms with Crippen LogP contribution in [-0.4, -0.2) is 16.2 Å². The first-order valence-electron chi connectivity index (χ1n) is 10.0. The van der Waals surface area contributed by atoms with Crippen molar-refractivity contribution >= 4 is 11.0 Å². The maximum atomic E-state index is 6.08. The van der Waals surface area contributed by atoms with E-state index in [1.807, 2.05) is 42.5 Å². The molecule has 4 rings (SSSR count). The number of ether oxygens (including phenoxy) is 2. The summed E-state index contributed by atoms with van der Waals surface area (Å²) in [6, 6.07) is 24.3. The van der Waals surface area contributed by atoms with E-state index in [-0.39, 0.29) is 0 Å². The van der Waals surface area contributed by atoms with Crippen LogP contribution in [0.4, 0.5) is 0 Å². The highest BCUT2D eigenvalue weighted by molar-refractivity contribution is 5.75. The third-order valence-electron chi connectivity index (χ3n) is 5.03. The lowest BCUT2D eigenvalue weighted by Gasteiger charge is -2.13. The van der Waals surface area contributed by atoms with Crippen molar-refractivity contribution in [2.45, 2.75) is 33.4 Å². The van der Waals surface area contributed by atoms with Crippen molar-refractivity contribution in [3.8, 4) is 11.5 Å². The molecule has 0 spiro atoms. The molecule has 3 aromatic carbocycles. The highest BCUT2D eigenvalue weighted by Gasteiger charge is 2.11. The molecule has 0 saturated heterocycles. The molecule has 0 aliphatic rings. The second kappa shape index (κ2) is 8.82. The molecule has 0 aliphatic carbocycles. The van der Waals surface area contributed by atoms with E-state index >= 15 is 0 Å². The Labute approximate surface area is 171 Å². The predicted molar refractivity (Wildman–Crippen MR) is 117 cm³/mol. The monoisotopic (exact) mass is 386 g/mol. The Bertz CT molecular complexity index is 1070. The van der Waals surface area contributed by atoms with Gasteiger partial charge in [-0.2, -0.15) is 0 Å². The number of benzene rings is 3. The summed E-state index contributed by atoms with van der Waals surface area (Å²) in [4.78, 5) is 4.79. The molecule has 0 saturated carbocycles. The number of para-hydroxylation sites is 4. The number of fused-ring (bicyclic) bond motifs is 1. The second-order valence-corrected chi connectivity index (χ2v) is 7.19. The van der Waals surface area contributed by atoms with E-state index in [4.69, 9.17) is 14.5 Å². The largest absolute Gasteiger partial charge is 0.493 e. The molecule has 4 nitrogen and oxygen atoms in total.